The number of hydrogen-bond acceptors (Lipinski definition) is 3. The minimum Gasteiger partial charge on any atom is -0.331 e. The Hall–Kier alpha value is -2.41. The average Bonchev–Trinajstić information content (AvgIpc) is 2.63. The van der Waals surface area contributed by atoms with Crippen LogP contribution in [-0.2, 0) is 13.6 Å². The summed E-state index contributed by atoms with van der Waals surface area (Å²) in [6.45, 7) is 8.19. The van der Waals surface area contributed by atoms with Gasteiger partial charge in [-0.3, -0.25) is 4.99 Å². The first-order valence-electron chi connectivity index (χ1n) is 9.16. The van der Waals surface area contributed by atoms with Crippen molar-refractivity contribution >= 4 is 22.5 Å². The number of fused-ring (bicyclic) bond motifs is 1. The normalized spacial score (nSPS) is 11.9. The summed E-state index contributed by atoms with van der Waals surface area (Å²) < 4.78 is 41.6. The summed E-state index contributed by atoms with van der Waals surface area (Å²) in [5, 5.41) is 0.930. The number of halogens is 4. The van der Waals surface area contributed by atoms with E-state index in [4.69, 9.17) is 11.6 Å². The van der Waals surface area contributed by atoms with Gasteiger partial charge < -0.3 is 4.57 Å². The molecule has 29 heavy (non-hydrogen) atoms. The number of benzene rings is 1. The van der Waals surface area contributed by atoms with Gasteiger partial charge in [0.25, 0.3) is 6.43 Å². The van der Waals surface area contributed by atoms with E-state index >= 15 is 0 Å². The molecule has 0 spiro atoms. The second-order valence-electron chi connectivity index (χ2n) is 7.24. The minimum atomic E-state index is -2.87. The second-order valence-corrected chi connectivity index (χ2v) is 7.62. The first kappa shape index (κ1) is 22.9. The molecule has 0 unspecified atom stereocenters. The van der Waals surface area contributed by atoms with Crippen LogP contribution >= 0.6 is 11.6 Å². The summed E-state index contributed by atoms with van der Waals surface area (Å²) in [6, 6.07) is 5.50. The van der Waals surface area contributed by atoms with Crippen LogP contribution in [0.1, 0.15) is 44.1 Å². The monoisotopic (exact) mass is 424 g/mol. The highest BCUT2D eigenvalue weighted by Crippen LogP contribution is 2.24. The van der Waals surface area contributed by atoms with Crippen LogP contribution in [0.4, 0.5) is 13.2 Å². The Balaban J connectivity index is 0.000000687. The minimum absolute atomic E-state index is 0.0822. The number of rotatable bonds is 3. The van der Waals surface area contributed by atoms with Gasteiger partial charge in [-0.15, -0.1) is 0 Å². The molecular formula is C21H24ClF3N4. The smallest absolute Gasteiger partial charge is 0.266 e. The van der Waals surface area contributed by atoms with Crippen molar-refractivity contribution in [3.63, 3.8) is 0 Å². The molecule has 0 saturated heterocycles. The fourth-order valence-electron chi connectivity index (χ4n) is 2.50. The van der Waals surface area contributed by atoms with Crippen molar-refractivity contribution in [1.29, 1.82) is 0 Å². The Morgan fingerprint density at radius 1 is 1.21 bits per heavy atom. The molecule has 8 heteroatoms. The Labute approximate surface area is 173 Å². The Morgan fingerprint density at radius 3 is 2.48 bits per heavy atom. The summed E-state index contributed by atoms with van der Waals surface area (Å²) in [4.78, 5) is 12.7. The number of nitrogens with zero attached hydrogens (tertiary/aromatic N) is 4. The van der Waals surface area contributed by atoms with E-state index in [1.54, 1.807) is 19.2 Å². The first-order chi connectivity index (χ1) is 13.6. The lowest BCUT2D eigenvalue weighted by atomic mass is 10.1. The van der Waals surface area contributed by atoms with Crippen molar-refractivity contribution in [3.8, 4) is 0 Å². The van der Waals surface area contributed by atoms with Crippen molar-refractivity contribution in [2.75, 3.05) is 0 Å². The molecule has 1 aromatic carbocycles. The van der Waals surface area contributed by atoms with Crippen LogP contribution in [0.5, 0.6) is 0 Å². The molecule has 0 radical (unpaired) electrons. The van der Waals surface area contributed by atoms with Crippen molar-refractivity contribution in [2.24, 2.45) is 18.0 Å². The van der Waals surface area contributed by atoms with Crippen molar-refractivity contribution < 1.29 is 13.2 Å². The lowest BCUT2D eigenvalue weighted by Gasteiger charge is -2.09. The van der Waals surface area contributed by atoms with Gasteiger partial charge in [0.1, 0.15) is 16.8 Å². The number of alkyl halides is 2. The summed E-state index contributed by atoms with van der Waals surface area (Å²) >= 11 is 5.95. The third kappa shape index (κ3) is 5.79. The molecule has 2 aromatic heterocycles. The zero-order chi connectivity index (χ0) is 21.7. The standard InChI is InChI=1S/C17H14ClF3N4.C4H10/c1-9-24-17(12-6-14(18)22-8-13(12)25(9)2)23-7-10-4-3-5-11(15(10)19)16(20)21;1-4(2)3/h3-6,8,16H,7H2,1-2H3;4H,1-3H3. The van der Waals surface area contributed by atoms with Gasteiger partial charge >= 0.3 is 0 Å². The molecule has 0 aliphatic carbocycles. The van der Waals surface area contributed by atoms with Gasteiger partial charge in [-0.05, 0) is 18.9 Å². The Bertz CT molecular complexity index is 1060. The van der Waals surface area contributed by atoms with Crippen LogP contribution in [0.25, 0.3) is 10.9 Å². The zero-order valence-corrected chi connectivity index (χ0v) is 17.8. The molecular weight excluding hydrogens is 401 g/mol. The van der Waals surface area contributed by atoms with E-state index in [0.717, 1.165) is 17.5 Å². The van der Waals surface area contributed by atoms with E-state index in [1.165, 1.54) is 12.1 Å². The van der Waals surface area contributed by atoms with Gasteiger partial charge in [-0.2, -0.15) is 0 Å². The molecule has 4 nitrogen and oxygen atoms in total. The van der Waals surface area contributed by atoms with Crippen LogP contribution in [0, 0.1) is 18.7 Å². The van der Waals surface area contributed by atoms with Crippen molar-refractivity contribution in [3.05, 3.63) is 63.9 Å². The van der Waals surface area contributed by atoms with Crippen LogP contribution in [0.15, 0.2) is 35.5 Å². The fraction of sp³-hybridized carbons (Fsp3) is 0.381. The maximum atomic E-state index is 14.2. The highest BCUT2D eigenvalue weighted by molar-refractivity contribution is 6.30. The number of pyridine rings is 1. The lowest BCUT2D eigenvalue weighted by Crippen LogP contribution is -2.17. The third-order valence-electron chi connectivity index (χ3n) is 3.95. The van der Waals surface area contributed by atoms with E-state index in [-0.39, 0.29) is 17.3 Å². The molecule has 0 aliphatic rings. The summed E-state index contributed by atoms with van der Waals surface area (Å²) in [6.07, 6.45) is -1.27. The van der Waals surface area contributed by atoms with Crippen LogP contribution in [0.3, 0.4) is 0 Å². The lowest BCUT2D eigenvalue weighted by molar-refractivity contribution is 0.146. The molecule has 3 rings (SSSR count). The molecule has 0 amide bonds. The summed E-state index contributed by atoms with van der Waals surface area (Å²) in [5.74, 6) is 0.570. The maximum absolute atomic E-state index is 14.2. The van der Waals surface area contributed by atoms with E-state index in [0.29, 0.717) is 16.7 Å². The number of aromatic nitrogens is 3. The van der Waals surface area contributed by atoms with E-state index in [9.17, 15) is 13.2 Å². The average molecular weight is 425 g/mol. The topological polar surface area (TPSA) is 43.1 Å². The predicted octanol–water partition coefficient (Wildman–Crippen LogP) is 5.77. The highest BCUT2D eigenvalue weighted by atomic mass is 35.5. The Morgan fingerprint density at radius 2 is 1.86 bits per heavy atom. The van der Waals surface area contributed by atoms with Crippen molar-refractivity contribution in [1.82, 2.24) is 14.5 Å². The van der Waals surface area contributed by atoms with Crippen LogP contribution in [0.2, 0.25) is 5.15 Å². The molecule has 0 atom stereocenters. The molecule has 2 heterocycles. The SMILES string of the molecule is CC(C)C.Cc1nc(=NCc2cccc(C(F)F)c2F)c2cc(Cl)ncc2n1C. The molecule has 3 aromatic rings. The van der Waals surface area contributed by atoms with Gasteiger partial charge in [0.05, 0.1) is 23.8 Å². The van der Waals surface area contributed by atoms with Gasteiger partial charge in [-0.1, -0.05) is 50.6 Å². The predicted molar refractivity (Wildman–Crippen MR) is 109 cm³/mol. The largest absolute Gasteiger partial charge is 0.331 e. The molecule has 0 N–H and O–H groups in total. The molecule has 156 valence electrons. The van der Waals surface area contributed by atoms with Gasteiger partial charge in [0.15, 0.2) is 5.49 Å². The fourth-order valence-corrected chi connectivity index (χ4v) is 2.66. The summed E-state index contributed by atoms with van der Waals surface area (Å²) in [5.41, 5.74) is 0.571. The van der Waals surface area contributed by atoms with E-state index in [1.807, 2.05) is 11.6 Å². The second kappa shape index (κ2) is 9.87. The number of hydrogen-bond donors (Lipinski definition) is 0. The van der Waals surface area contributed by atoms with Crippen LogP contribution in [-0.4, -0.2) is 14.5 Å². The highest BCUT2D eigenvalue weighted by Gasteiger charge is 2.15. The summed E-state index contributed by atoms with van der Waals surface area (Å²) in [7, 11) is 1.83. The van der Waals surface area contributed by atoms with Crippen LogP contribution < -0.4 is 5.49 Å². The third-order valence-corrected chi connectivity index (χ3v) is 4.15. The molecule has 0 aliphatic heterocycles. The van der Waals surface area contributed by atoms with Crippen molar-refractivity contribution in [2.45, 2.75) is 40.7 Å². The quantitative estimate of drug-likeness (QED) is 0.501. The molecule has 0 fully saturated rings. The number of aryl methyl sites for hydroxylation is 2. The van der Waals surface area contributed by atoms with E-state index < -0.39 is 17.8 Å². The maximum Gasteiger partial charge on any atom is 0.266 e. The van der Waals surface area contributed by atoms with Gasteiger partial charge in [0, 0.05) is 18.0 Å². The van der Waals surface area contributed by atoms with Gasteiger partial charge in [-0.25, -0.2) is 23.1 Å². The molecule has 0 bridgehead atoms. The Kier molecular flexibility index (Phi) is 7.79. The first-order valence-corrected chi connectivity index (χ1v) is 9.54. The zero-order valence-electron chi connectivity index (χ0n) is 17.0. The van der Waals surface area contributed by atoms with E-state index in [2.05, 4.69) is 35.7 Å². The molecule has 0 saturated carbocycles. The van der Waals surface area contributed by atoms with Gasteiger partial charge in [0.2, 0.25) is 0 Å².